The number of carboxylic acids is 1. The van der Waals surface area contributed by atoms with Crippen LogP contribution in [0.25, 0.3) is 0 Å². The van der Waals surface area contributed by atoms with E-state index in [9.17, 15) is 13.2 Å². The van der Waals surface area contributed by atoms with Crippen LogP contribution in [0, 0.1) is 0 Å². The van der Waals surface area contributed by atoms with E-state index in [0.29, 0.717) is 37.4 Å². The zero-order chi connectivity index (χ0) is 17.3. The average Bonchev–Trinajstić information content (AvgIpc) is 3.02. The lowest BCUT2D eigenvalue weighted by Crippen LogP contribution is -2.46. The Morgan fingerprint density at radius 2 is 1.96 bits per heavy atom. The third kappa shape index (κ3) is 3.33. The summed E-state index contributed by atoms with van der Waals surface area (Å²) >= 11 is 0. The summed E-state index contributed by atoms with van der Waals surface area (Å²) in [5.74, 6) is 0.100. The van der Waals surface area contributed by atoms with E-state index in [1.54, 1.807) is 18.0 Å². The molecule has 132 valence electrons. The standard InChI is InChI=1S/C15H20N2O6S/c1-16(9-15(18)19)11-4-6-17(7-5-11)24(20,21)12-2-3-13-14(8-12)23-10-22-13/h2-3,8,11H,4-7,9-10H2,1H3,(H,18,19). The predicted octanol–water partition coefficient (Wildman–Crippen LogP) is 0.585. The molecule has 0 atom stereocenters. The molecule has 8 nitrogen and oxygen atoms in total. The Hall–Kier alpha value is -1.84. The summed E-state index contributed by atoms with van der Waals surface area (Å²) in [7, 11) is -1.84. The van der Waals surface area contributed by atoms with E-state index < -0.39 is 16.0 Å². The topological polar surface area (TPSA) is 96.4 Å². The minimum absolute atomic E-state index is 0.0421. The highest BCUT2D eigenvalue weighted by molar-refractivity contribution is 7.89. The van der Waals surface area contributed by atoms with Gasteiger partial charge in [0.1, 0.15) is 0 Å². The van der Waals surface area contributed by atoms with Crippen LogP contribution in [0.1, 0.15) is 12.8 Å². The van der Waals surface area contributed by atoms with E-state index >= 15 is 0 Å². The number of carbonyl (C=O) groups is 1. The van der Waals surface area contributed by atoms with Gasteiger partial charge in [0.15, 0.2) is 11.5 Å². The molecule has 0 saturated carbocycles. The second kappa shape index (κ2) is 6.58. The molecule has 2 aliphatic heterocycles. The van der Waals surface area contributed by atoms with Crippen molar-refractivity contribution in [3.63, 3.8) is 0 Å². The summed E-state index contributed by atoms with van der Waals surface area (Å²) in [5.41, 5.74) is 0. The zero-order valence-corrected chi connectivity index (χ0v) is 14.2. The number of benzene rings is 1. The minimum Gasteiger partial charge on any atom is -0.480 e. The predicted molar refractivity (Wildman–Crippen MR) is 84.6 cm³/mol. The molecule has 0 spiro atoms. The molecule has 1 aromatic carbocycles. The van der Waals surface area contributed by atoms with Gasteiger partial charge in [0.25, 0.3) is 0 Å². The van der Waals surface area contributed by atoms with Crippen LogP contribution in [-0.2, 0) is 14.8 Å². The monoisotopic (exact) mass is 356 g/mol. The Bertz CT molecular complexity index is 727. The lowest BCUT2D eigenvalue weighted by atomic mass is 10.1. The number of fused-ring (bicyclic) bond motifs is 1. The van der Waals surface area contributed by atoms with Gasteiger partial charge in [-0.05, 0) is 32.0 Å². The highest BCUT2D eigenvalue weighted by Gasteiger charge is 2.32. The quantitative estimate of drug-likeness (QED) is 0.824. The molecular formula is C15H20N2O6S. The zero-order valence-electron chi connectivity index (χ0n) is 13.3. The fourth-order valence-electron chi connectivity index (χ4n) is 3.05. The number of nitrogens with zero attached hydrogens (tertiary/aromatic N) is 2. The molecule has 0 amide bonds. The fraction of sp³-hybridized carbons (Fsp3) is 0.533. The van der Waals surface area contributed by atoms with Crippen LogP contribution < -0.4 is 9.47 Å². The molecule has 1 N–H and O–H groups in total. The van der Waals surface area contributed by atoms with Crippen molar-refractivity contribution in [1.82, 2.24) is 9.21 Å². The van der Waals surface area contributed by atoms with Gasteiger partial charge in [0.2, 0.25) is 16.8 Å². The van der Waals surface area contributed by atoms with Crippen molar-refractivity contribution in [1.29, 1.82) is 0 Å². The Balaban J connectivity index is 1.68. The van der Waals surface area contributed by atoms with E-state index in [1.165, 1.54) is 16.4 Å². The summed E-state index contributed by atoms with van der Waals surface area (Å²) in [4.78, 5) is 12.7. The number of hydrogen-bond donors (Lipinski definition) is 1. The van der Waals surface area contributed by atoms with Gasteiger partial charge in [-0.3, -0.25) is 9.69 Å². The van der Waals surface area contributed by atoms with Gasteiger partial charge >= 0.3 is 5.97 Å². The number of aliphatic carboxylic acids is 1. The summed E-state index contributed by atoms with van der Waals surface area (Å²) in [6, 6.07) is 4.68. The highest BCUT2D eigenvalue weighted by atomic mass is 32.2. The van der Waals surface area contributed by atoms with E-state index in [0.717, 1.165) is 0 Å². The van der Waals surface area contributed by atoms with Gasteiger partial charge in [-0.2, -0.15) is 4.31 Å². The number of sulfonamides is 1. The van der Waals surface area contributed by atoms with Gasteiger partial charge in [-0.15, -0.1) is 0 Å². The largest absolute Gasteiger partial charge is 0.480 e. The molecule has 2 aliphatic rings. The smallest absolute Gasteiger partial charge is 0.317 e. The molecule has 0 radical (unpaired) electrons. The van der Waals surface area contributed by atoms with Gasteiger partial charge in [0.05, 0.1) is 11.4 Å². The van der Waals surface area contributed by atoms with Gasteiger partial charge in [-0.1, -0.05) is 0 Å². The number of hydrogen-bond acceptors (Lipinski definition) is 6. The van der Waals surface area contributed by atoms with E-state index in [1.807, 2.05) is 0 Å². The normalized spacial score (nSPS) is 18.9. The Morgan fingerprint density at radius 1 is 1.29 bits per heavy atom. The van der Waals surface area contributed by atoms with Crippen LogP contribution in [0.4, 0.5) is 0 Å². The number of carboxylic acid groups (broad SMARTS) is 1. The molecule has 1 fully saturated rings. The first-order chi connectivity index (χ1) is 11.4. The Kier molecular flexibility index (Phi) is 4.66. The second-order valence-corrected chi connectivity index (χ2v) is 7.90. The van der Waals surface area contributed by atoms with Crippen LogP contribution in [0.3, 0.4) is 0 Å². The summed E-state index contributed by atoms with van der Waals surface area (Å²) < 4.78 is 37.4. The molecule has 1 saturated heterocycles. The van der Waals surface area contributed by atoms with Crippen molar-refractivity contribution in [2.24, 2.45) is 0 Å². The first-order valence-corrected chi connectivity index (χ1v) is 9.14. The summed E-state index contributed by atoms with van der Waals surface area (Å²) in [6.45, 7) is 0.788. The first kappa shape index (κ1) is 17.0. The van der Waals surface area contributed by atoms with Gasteiger partial charge in [-0.25, -0.2) is 8.42 Å². The number of likely N-dealkylation sites (N-methyl/N-ethyl adjacent to an activating group) is 1. The third-order valence-electron chi connectivity index (χ3n) is 4.41. The molecule has 24 heavy (non-hydrogen) atoms. The minimum atomic E-state index is -3.59. The molecule has 0 aromatic heterocycles. The van der Waals surface area contributed by atoms with Gasteiger partial charge in [0, 0.05) is 25.2 Å². The maximum atomic E-state index is 12.8. The Labute approximate surface area is 140 Å². The molecule has 0 aliphatic carbocycles. The molecule has 0 unspecified atom stereocenters. The maximum absolute atomic E-state index is 12.8. The third-order valence-corrected chi connectivity index (χ3v) is 6.31. The summed E-state index contributed by atoms with van der Waals surface area (Å²) in [6.07, 6.45) is 1.21. The first-order valence-electron chi connectivity index (χ1n) is 7.70. The van der Waals surface area contributed by atoms with Crippen LogP contribution in [-0.4, -0.2) is 68.2 Å². The molecule has 3 rings (SSSR count). The van der Waals surface area contributed by atoms with Crippen molar-refractivity contribution >= 4 is 16.0 Å². The van der Waals surface area contributed by atoms with Crippen molar-refractivity contribution in [2.45, 2.75) is 23.8 Å². The number of ether oxygens (including phenoxy) is 2. The highest BCUT2D eigenvalue weighted by Crippen LogP contribution is 2.35. The van der Waals surface area contributed by atoms with E-state index in [2.05, 4.69) is 0 Å². The molecular weight excluding hydrogens is 336 g/mol. The average molecular weight is 356 g/mol. The van der Waals surface area contributed by atoms with Crippen LogP contribution in [0.2, 0.25) is 0 Å². The van der Waals surface area contributed by atoms with Crippen LogP contribution in [0.5, 0.6) is 11.5 Å². The lowest BCUT2D eigenvalue weighted by Gasteiger charge is -2.35. The Morgan fingerprint density at radius 3 is 2.62 bits per heavy atom. The summed E-state index contributed by atoms with van der Waals surface area (Å²) in [5, 5.41) is 8.85. The lowest BCUT2D eigenvalue weighted by molar-refractivity contribution is -0.138. The molecule has 0 bridgehead atoms. The molecule has 9 heteroatoms. The van der Waals surface area contributed by atoms with Crippen molar-refractivity contribution in [3.05, 3.63) is 18.2 Å². The van der Waals surface area contributed by atoms with E-state index in [-0.39, 0.29) is 24.3 Å². The molecule has 2 heterocycles. The van der Waals surface area contributed by atoms with Crippen molar-refractivity contribution in [2.75, 3.05) is 33.5 Å². The van der Waals surface area contributed by atoms with Crippen molar-refractivity contribution < 1.29 is 27.8 Å². The second-order valence-electron chi connectivity index (χ2n) is 5.96. The van der Waals surface area contributed by atoms with Crippen LogP contribution >= 0.6 is 0 Å². The maximum Gasteiger partial charge on any atom is 0.317 e. The van der Waals surface area contributed by atoms with E-state index in [4.69, 9.17) is 14.6 Å². The number of rotatable bonds is 5. The molecule has 1 aromatic rings. The van der Waals surface area contributed by atoms with Crippen molar-refractivity contribution in [3.8, 4) is 11.5 Å². The SMILES string of the molecule is CN(CC(=O)O)C1CCN(S(=O)(=O)c2ccc3c(c2)OCO3)CC1. The van der Waals surface area contributed by atoms with Gasteiger partial charge < -0.3 is 14.6 Å². The number of piperidine rings is 1. The van der Waals surface area contributed by atoms with Crippen LogP contribution in [0.15, 0.2) is 23.1 Å². The fourth-order valence-corrected chi connectivity index (χ4v) is 4.54.